The maximum absolute atomic E-state index is 12.4. The van der Waals surface area contributed by atoms with Crippen molar-refractivity contribution in [2.75, 3.05) is 39.4 Å². The van der Waals surface area contributed by atoms with E-state index in [4.69, 9.17) is 21.1 Å². The highest BCUT2D eigenvalue weighted by atomic mass is 35.5. The lowest BCUT2D eigenvalue weighted by atomic mass is 10.2. The highest BCUT2D eigenvalue weighted by Crippen LogP contribution is 2.23. The molecule has 0 spiro atoms. The molecule has 0 radical (unpaired) electrons. The quantitative estimate of drug-likeness (QED) is 0.570. The average molecular weight is 431 g/mol. The Hall–Kier alpha value is -2.73. The van der Waals surface area contributed by atoms with E-state index in [-0.39, 0.29) is 11.8 Å². The van der Waals surface area contributed by atoms with Crippen LogP contribution in [0.5, 0.6) is 11.5 Å². The van der Waals surface area contributed by atoms with Gasteiger partial charge in [0, 0.05) is 32.6 Å². The molecule has 2 aromatic carbocycles. The Bertz CT molecular complexity index is 823. The van der Waals surface area contributed by atoms with E-state index in [1.807, 2.05) is 53.4 Å². The first kappa shape index (κ1) is 22.0. The molecule has 0 bridgehead atoms. The molecule has 0 aromatic heterocycles. The molecular weight excluding hydrogens is 404 g/mol. The number of carbonyl (C=O) groups excluding carboxylic acids is 2. The fraction of sp³-hybridized carbons (Fsp3) is 0.391. The standard InChI is InChI=1S/C23H27ClN2O4/c24-20-9-4-5-10-21(20)30-17-6-11-22(27)25-13-15-26(16-14-25)23(28)12-18-29-19-7-2-1-3-8-19/h1-5,7-10H,6,11-18H2. The molecule has 160 valence electrons. The Morgan fingerprint density at radius 1 is 0.767 bits per heavy atom. The molecule has 6 nitrogen and oxygen atoms in total. The van der Waals surface area contributed by atoms with E-state index in [1.165, 1.54) is 0 Å². The zero-order valence-corrected chi connectivity index (χ0v) is 17.7. The number of piperazine rings is 1. The zero-order valence-electron chi connectivity index (χ0n) is 17.0. The normalized spacial score (nSPS) is 13.8. The van der Waals surface area contributed by atoms with Crippen LogP contribution in [0.25, 0.3) is 0 Å². The molecule has 2 amide bonds. The van der Waals surface area contributed by atoms with E-state index in [2.05, 4.69) is 0 Å². The molecule has 1 aliphatic rings. The lowest BCUT2D eigenvalue weighted by Gasteiger charge is -2.35. The second-order valence-corrected chi connectivity index (χ2v) is 7.46. The van der Waals surface area contributed by atoms with Crippen molar-refractivity contribution in [1.82, 2.24) is 9.80 Å². The predicted molar refractivity (Wildman–Crippen MR) is 116 cm³/mol. The van der Waals surface area contributed by atoms with E-state index in [1.54, 1.807) is 11.0 Å². The van der Waals surface area contributed by atoms with Crippen LogP contribution in [0, 0.1) is 0 Å². The Labute approximate surface area is 182 Å². The molecule has 0 saturated carbocycles. The van der Waals surface area contributed by atoms with Gasteiger partial charge < -0.3 is 19.3 Å². The summed E-state index contributed by atoms with van der Waals surface area (Å²) in [7, 11) is 0. The number of para-hydroxylation sites is 2. The summed E-state index contributed by atoms with van der Waals surface area (Å²) in [6.45, 7) is 3.05. The minimum atomic E-state index is 0.0613. The summed E-state index contributed by atoms with van der Waals surface area (Å²) in [6, 6.07) is 16.8. The van der Waals surface area contributed by atoms with E-state index in [0.717, 1.165) is 5.75 Å². The molecule has 30 heavy (non-hydrogen) atoms. The fourth-order valence-electron chi connectivity index (χ4n) is 3.26. The molecule has 1 fully saturated rings. The van der Waals surface area contributed by atoms with Gasteiger partial charge in [-0.05, 0) is 30.7 Å². The average Bonchev–Trinajstić information content (AvgIpc) is 2.78. The summed E-state index contributed by atoms with van der Waals surface area (Å²) in [5, 5.41) is 0.568. The number of rotatable bonds is 9. The fourth-order valence-corrected chi connectivity index (χ4v) is 3.45. The van der Waals surface area contributed by atoms with Gasteiger partial charge in [0.25, 0.3) is 0 Å². The van der Waals surface area contributed by atoms with Crippen molar-refractivity contribution in [2.45, 2.75) is 19.3 Å². The van der Waals surface area contributed by atoms with Crippen LogP contribution >= 0.6 is 11.6 Å². The second kappa shape index (κ2) is 11.5. The molecule has 7 heteroatoms. The van der Waals surface area contributed by atoms with Crippen LogP contribution in [-0.4, -0.2) is 61.0 Å². The Kier molecular flexibility index (Phi) is 8.39. The van der Waals surface area contributed by atoms with E-state index in [9.17, 15) is 9.59 Å². The van der Waals surface area contributed by atoms with Crippen LogP contribution in [0.4, 0.5) is 0 Å². The third-order valence-electron chi connectivity index (χ3n) is 4.94. The molecule has 0 N–H and O–H groups in total. The first-order valence-electron chi connectivity index (χ1n) is 10.2. The lowest BCUT2D eigenvalue weighted by Crippen LogP contribution is -2.50. The molecule has 0 unspecified atom stereocenters. The van der Waals surface area contributed by atoms with Gasteiger partial charge in [-0.3, -0.25) is 9.59 Å². The second-order valence-electron chi connectivity index (χ2n) is 7.06. The molecule has 0 aliphatic carbocycles. The maximum Gasteiger partial charge on any atom is 0.226 e. The van der Waals surface area contributed by atoms with Crippen LogP contribution in [0.3, 0.4) is 0 Å². The maximum atomic E-state index is 12.4. The van der Waals surface area contributed by atoms with Crippen molar-refractivity contribution >= 4 is 23.4 Å². The summed E-state index contributed by atoms with van der Waals surface area (Å²) in [5.41, 5.74) is 0. The molecule has 2 aromatic rings. The minimum Gasteiger partial charge on any atom is -0.493 e. The smallest absolute Gasteiger partial charge is 0.226 e. The topological polar surface area (TPSA) is 59.1 Å². The monoisotopic (exact) mass is 430 g/mol. The van der Waals surface area contributed by atoms with Gasteiger partial charge in [0.15, 0.2) is 0 Å². The molecule has 1 aliphatic heterocycles. The van der Waals surface area contributed by atoms with Gasteiger partial charge in [-0.25, -0.2) is 0 Å². The van der Waals surface area contributed by atoms with Crippen LogP contribution in [-0.2, 0) is 9.59 Å². The van der Waals surface area contributed by atoms with Crippen molar-refractivity contribution in [3.63, 3.8) is 0 Å². The Morgan fingerprint density at radius 3 is 2.03 bits per heavy atom. The molecule has 1 heterocycles. The SMILES string of the molecule is O=C(CCCOc1ccccc1Cl)N1CCN(C(=O)CCOc2ccccc2)CC1. The van der Waals surface area contributed by atoms with Crippen molar-refractivity contribution in [1.29, 1.82) is 0 Å². The number of nitrogens with zero attached hydrogens (tertiary/aromatic N) is 2. The van der Waals surface area contributed by atoms with E-state index < -0.39 is 0 Å². The highest BCUT2D eigenvalue weighted by molar-refractivity contribution is 6.32. The van der Waals surface area contributed by atoms with Gasteiger partial charge in [0.05, 0.1) is 24.7 Å². The summed E-state index contributed by atoms with van der Waals surface area (Å²) in [5.74, 6) is 1.55. The zero-order chi connectivity index (χ0) is 21.2. The first-order chi connectivity index (χ1) is 14.6. The predicted octanol–water partition coefficient (Wildman–Crippen LogP) is 3.64. The lowest BCUT2D eigenvalue weighted by molar-refractivity contribution is -0.140. The number of hydrogen-bond acceptors (Lipinski definition) is 4. The number of benzene rings is 2. The van der Waals surface area contributed by atoms with Crippen molar-refractivity contribution in [3.8, 4) is 11.5 Å². The van der Waals surface area contributed by atoms with Gasteiger partial charge in [0.1, 0.15) is 11.5 Å². The van der Waals surface area contributed by atoms with Crippen LogP contribution in [0.15, 0.2) is 54.6 Å². The largest absolute Gasteiger partial charge is 0.493 e. The Morgan fingerprint density at radius 2 is 1.37 bits per heavy atom. The number of amides is 2. The number of ether oxygens (including phenoxy) is 2. The summed E-state index contributed by atoms with van der Waals surface area (Å²) < 4.78 is 11.2. The number of carbonyl (C=O) groups is 2. The molecule has 0 atom stereocenters. The van der Waals surface area contributed by atoms with Crippen LogP contribution < -0.4 is 9.47 Å². The first-order valence-corrected chi connectivity index (χ1v) is 10.6. The third kappa shape index (κ3) is 6.66. The van der Waals surface area contributed by atoms with Crippen LogP contribution in [0.2, 0.25) is 5.02 Å². The molecule has 3 rings (SSSR count). The van der Waals surface area contributed by atoms with Gasteiger partial charge in [0.2, 0.25) is 11.8 Å². The van der Waals surface area contributed by atoms with Crippen LogP contribution in [0.1, 0.15) is 19.3 Å². The minimum absolute atomic E-state index is 0.0613. The van der Waals surface area contributed by atoms with Crippen molar-refractivity contribution in [2.24, 2.45) is 0 Å². The number of halogens is 1. The van der Waals surface area contributed by atoms with Gasteiger partial charge >= 0.3 is 0 Å². The number of hydrogen-bond donors (Lipinski definition) is 0. The molecular formula is C23H27ClN2O4. The van der Waals surface area contributed by atoms with Crippen molar-refractivity contribution in [3.05, 3.63) is 59.6 Å². The van der Waals surface area contributed by atoms with E-state index in [0.29, 0.717) is 69.4 Å². The highest BCUT2D eigenvalue weighted by Gasteiger charge is 2.23. The third-order valence-corrected chi connectivity index (χ3v) is 5.25. The summed E-state index contributed by atoms with van der Waals surface area (Å²) in [4.78, 5) is 28.4. The summed E-state index contributed by atoms with van der Waals surface area (Å²) >= 11 is 6.05. The molecule has 1 saturated heterocycles. The Balaban J connectivity index is 1.30. The van der Waals surface area contributed by atoms with Crippen molar-refractivity contribution < 1.29 is 19.1 Å². The van der Waals surface area contributed by atoms with Gasteiger partial charge in [-0.1, -0.05) is 41.9 Å². The van der Waals surface area contributed by atoms with E-state index >= 15 is 0 Å². The van der Waals surface area contributed by atoms with Gasteiger partial charge in [-0.2, -0.15) is 0 Å². The van der Waals surface area contributed by atoms with Gasteiger partial charge in [-0.15, -0.1) is 0 Å². The summed E-state index contributed by atoms with van der Waals surface area (Å²) in [6.07, 6.45) is 1.38.